The molecule has 5 N–H and O–H groups in total. The van der Waals surface area contributed by atoms with Crippen molar-refractivity contribution in [3.05, 3.63) is 53.6 Å². The normalized spacial score (nSPS) is 18.5. The summed E-state index contributed by atoms with van der Waals surface area (Å²) >= 11 is 0. The van der Waals surface area contributed by atoms with Gasteiger partial charge < -0.3 is 21.5 Å². The molecule has 5 heteroatoms. The molecule has 5 nitrogen and oxygen atoms in total. The van der Waals surface area contributed by atoms with E-state index in [9.17, 15) is 4.79 Å². The molecule has 0 aromatic heterocycles. The molecule has 1 aliphatic heterocycles. The molecule has 1 aliphatic rings. The summed E-state index contributed by atoms with van der Waals surface area (Å²) in [5, 5.41) is 3.50. The Bertz CT molecular complexity index is 737. The van der Waals surface area contributed by atoms with Crippen LogP contribution in [-0.4, -0.2) is 24.5 Å². The molecule has 0 radical (unpaired) electrons. The topological polar surface area (TPSA) is 90.4 Å². The molecule has 1 saturated heterocycles. The van der Waals surface area contributed by atoms with Gasteiger partial charge in [-0.3, -0.25) is 4.79 Å². The van der Waals surface area contributed by atoms with E-state index in [0.717, 1.165) is 18.7 Å². The predicted octanol–water partition coefficient (Wildman–Crippen LogP) is 2.99. The van der Waals surface area contributed by atoms with Gasteiger partial charge in [0.25, 0.3) is 0 Å². The summed E-state index contributed by atoms with van der Waals surface area (Å²) in [7, 11) is 0. The maximum atomic E-state index is 12.5. The molecule has 0 saturated carbocycles. The number of hydrogen-bond acceptors (Lipinski definition) is 5. The number of nitrogens with two attached hydrogens (primary N) is 2. The lowest BCUT2D eigenvalue weighted by atomic mass is 10.0. The second-order valence-corrected chi connectivity index (χ2v) is 6.58. The molecule has 0 spiro atoms. The van der Waals surface area contributed by atoms with E-state index in [1.807, 2.05) is 12.1 Å². The highest BCUT2D eigenvalue weighted by Crippen LogP contribution is 2.22. The maximum absolute atomic E-state index is 12.5. The van der Waals surface area contributed by atoms with E-state index in [1.54, 1.807) is 30.3 Å². The van der Waals surface area contributed by atoms with Gasteiger partial charge in [0.05, 0.1) is 11.4 Å². The molecule has 0 amide bonds. The van der Waals surface area contributed by atoms with Crippen LogP contribution < -0.4 is 21.5 Å². The molecule has 3 rings (SSSR count). The van der Waals surface area contributed by atoms with Gasteiger partial charge in [0.1, 0.15) is 11.9 Å². The average Bonchev–Trinajstić information content (AvgIpc) is 2.65. The van der Waals surface area contributed by atoms with Gasteiger partial charge in [-0.15, -0.1) is 0 Å². The molecule has 132 valence electrons. The van der Waals surface area contributed by atoms with Crippen LogP contribution in [0.1, 0.15) is 42.1 Å². The minimum Gasteiger partial charge on any atom is -0.489 e. The Morgan fingerprint density at radius 1 is 1.08 bits per heavy atom. The third kappa shape index (κ3) is 4.12. The van der Waals surface area contributed by atoms with E-state index in [2.05, 4.69) is 12.2 Å². The summed E-state index contributed by atoms with van der Waals surface area (Å²) < 4.78 is 6.02. The summed E-state index contributed by atoms with van der Waals surface area (Å²) in [6, 6.07) is 12.6. The van der Waals surface area contributed by atoms with Crippen molar-refractivity contribution in [2.45, 2.75) is 38.3 Å². The number of benzene rings is 2. The number of ether oxygens (including phenoxy) is 1. The van der Waals surface area contributed by atoms with E-state index in [1.165, 1.54) is 12.8 Å². The fraction of sp³-hybridized carbons (Fsp3) is 0.350. The van der Waals surface area contributed by atoms with E-state index < -0.39 is 0 Å². The van der Waals surface area contributed by atoms with Crippen LogP contribution >= 0.6 is 0 Å². The largest absolute Gasteiger partial charge is 0.489 e. The molecule has 1 fully saturated rings. The first-order chi connectivity index (χ1) is 12.0. The van der Waals surface area contributed by atoms with Crippen LogP contribution in [0.4, 0.5) is 11.4 Å². The number of anilines is 2. The smallest absolute Gasteiger partial charge is 0.193 e. The van der Waals surface area contributed by atoms with E-state index in [4.69, 9.17) is 16.2 Å². The molecule has 2 aromatic carbocycles. The fourth-order valence-electron chi connectivity index (χ4n) is 3.14. The van der Waals surface area contributed by atoms with Crippen LogP contribution in [0.25, 0.3) is 0 Å². The van der Waals surface area contributed by atoms with Gasteiger partial charge in [0.15, 0.2) is 5.78 Å². The SMILES string of the molecule is CC(Oc1ccc(C(=O)c2ccc(N)c(N)c2)cc1)C1CCCCN1. The van der Waals surface area contributed by atoms with Crippen LogP contribution in [-0.2, 0) is 0 Å². The van der Waals surface area contributed by atoms with Gasteiger partial charge in [-0.1, -0.05) is 6.42 Å². The van der Waals surface area contributed by atoms with E-state index >= 15 is 0 Å². The number of ketones is 1. The number of rotatable bonds is 5. The first kappa shape index (κ1) is 17.3. The predicted molar refractivity (Wildman–Crippen MR) is 101 cm³/mol. The number of piperidine rings is 1. The van der Waals surface area contributed by atoms with Crippen molar-refractivity contribution in [1.82, 2.24) is 5.32 Å². The second-order valence-electron chi connectivity index (χ2n) is 6.58. The van der Waals surface area contributed by atoms with Gasteiger partial charge in [-0.25, -0.2) is 0 Å². The van der Waals surface area contributed by atoms with Crippen molar-refractivity contribution in [1.29, 1.82) is 0 Å². The molecular formula is C20H25N3O2. The maximum Gasteiger partial charge on any atom is 0.193 e. The monoisotopic (exact) mass is 339 g/mol. The third-order valence-corrected chi connectivity index (χ3v) is 4.70. The molecule has 1 heterocycles. The van der Waals surface area contributed by atoms with Gasteiger partial charge in [0, 0.05) is 17.2 Å². The molecule has 0 bridgehead atoms. The van der Waals surface area contributed by atoms with Crippen molar-refractivity contribution in [2.24, 2.45) is 0 Å². The van der Waals surface area contributed by atoms with Crippen molar-refractivity contribution in [3.8, 4) is 5.75 Å². The number of nitrogens with one attached hydrogen (secondary N) is 1. The summed E-state index contributed by atoms with van der Waals surface area (Å²) in [6.07, 6.45) is 3.70. The standard InChI is InChI=1S/C20H25N3O2/c1-13(19-4-2-3-11-23-19)25-16-8-5-14(6-9-16)20(24)15-7-10-17(21)18(22)12-15/h5-10,12-13,19,23H,2-4,11,21-22H2,1H3. The number of hydrogen-bond donors (Lipinski definition) is 3. The number of nitrogen functional groups attached to an aromatic ring is 2. The molecule has 25 heavy (non-hydrogen) atoms. The van der Waals surface area contributed by atoms with Crippen molar-refractivity contribution >= 4 is 17.2 Å². The zero-order valence-corrected chi connectivity index (χ0v) is 14.5. The van der Waals surface area contributed by atoms with Crippen molar-refractivity contribution in [2.75, 3.05) is 18.0 Å². The molecular weight excluding hydrogens is 314 g/mol. The van der Waals surface area contributed by atoms with Crippen molar-refractivity contribution < 1.29 is 9.53 Å². The summed E-state index contributed by atoms with van der Waals surface area (Å²) in [5.74, 6) is 0.688. The summed E-state index contributed by atoms with van der Waals surface area (Å²) in [4.78, 5) is 12.5. The van der Waals surface area contributed by atoms with Gasteiger partial charge in [0.2, 0.25) is 0 Å². The Morgan fingerprint density at radius 2 is 1.80 bits per heavy atom. The first-order valence-corrected chi connectivity index (χ1v) is 8.74. The molecule has 0 aliphatic carbocycles. The van der Waals surface area contributed by atoms with Crippen molar-refractivity contribution in [3.63, 3.8) is 0 Å². The Hall–Kier alpha value is -2.53. The zero-order valence-electron chi connectivity index (χ0n) is 14.5. The van der Waals surface area contributed by atoms with Gasteiger partial charge in [-0.2, -0.15) is 0 Å². The molecule has 2 atom stereocenters. The lowest BCUT2D eigenvalue weighted by Gasteiger charge is -2.29. The van der Waals surface area contributed by atoms with Crippen LogP contribution in [0.3, 0.4) is 0 Å². The Labute approximate surface area is 148 Å². The van der Waals surface area contributed by atoms with E-state index in [-0.39, 0.29) is 11.9 Å². The number of carbonyl (C=O) groups is 1. The van der Waals surface area contributed by atoms with Crippen LogP contribution in [0.15, 0.2) is 42.5 Å². The average molecular weight is 339 g/mol. The highest BCUT2D eigenvalue weighted by Gasteiger charge is 2.21. The Balaban J connectivity index is 1.66. The van der Waals surface area contributed by atoms with Crippen LogP contribution in [0, 0.1) is 0 Å². The molecule has 2 unspecified atom stereocenters. The minimum absolute atomic E-state index is 0.0831. The Kier molecular flexibility index (Phi) is 5.24. The quantitative estimate of drug-likeness (QED) is 0.575. The highest BCUT2D eigenvalue weighted by atomic mass is 16.5. The van der Waals surface area contributed by atoms with Crippen LogP contribution in [0.5, 0.6) is 5.75 Å². The minimum atomic E-state index is -0.0831. The summed E-state index contributed by atoms with van der Waals surface area (Å²) in [6.45, 7) is 3.13. The zero-order chi connectivity index (χ0) is 17.8. The summed E-state index contributed by atoms with van der Waals surface area (Å²) in [5.41, 5.74) is 13.5. The van der Waals surface area contributed by atoms with Gasteiger partial charge >= 0.3 is 0 Å². The van der Waals surface area contributed by atoms with Crippen LogP contribution in [0.2, 0.25) is 0 Å². The molecule has 2 aromatic rings. The fourth-order valence-corrected chi connectivity index (χ4v) is 3.14. The lowest BCUT2D eigenvalue weighted by molar-refractivity contribution is 0.103. The Morgan fingerprint density at radius 3 is 2.44 bits per heavy atom. The third-order valence-electron chi connectivity index (χ3n) is 4.70. The van der Waals surface area contributed by atoms with E-state index in [0.29, 0.717) is 28.5 Å². The number of carbonyl (C=O) groups excluding carboxylic acids is 1. The highest BCUT2D eigenvalue weighted by molar-refractivity contribution is 6.09. The lowest BCUT2D eigenvalue weighted by Crippen LogP contribution is -2.44. The van der Waals surface area contributed by atoms with Gasteiger partial charge in [-0.05, 0) is 68.8 Å². The second kappa shape index (κ2) is 7.57. The first-order valence-electron chi connectivity index (χ1n) is 8.74.